The second-order valence-corrected chi connectivity index (χ2v) is 23.9. The van der Waals surface area contributed by atoms with E-state index in [1.54, 1.807) is 12.4 Å². The van der Waals surface area contributed by atoms with Crippen molar-refractivity contribution in [1.29, 1.82) is 0 Å². The first-order valence-electron chi connectivity index (χ1n) is 35.0. The number of pyridine rings is 7. The molecule has 0 N–H and O–H groups in total. The van der Waals surface area contributed by atoms with Crippen LogP contribution in [0.3, 0.4) is 0 Å². The molecule has 7 nitrogen and oxygen atoms in total. The zero-order valence-corrected chi connectivity index (χ0v) is 51.9. The lowest BCUT2D eigenvalue weighted by molar-refractivity contribution is 1.36. The quantitative estimate of drug-likeness (QED) is 0.140. The molecule has 0 atom stereocenters. The summed E-state index contributed by atoms with van der Waals surface area (Å²) in [6, 6.07) is 79.1. The van der Waals surface area contributed by atoms with E-state index in [1.165, 1.54) is 86.2 Å². The number of hydrogen-bond acceptors (Lipinski definition) is 7. The molecule has 0 radical (unpaired) electrons. The number of benzene rings is 13. The maximum atomic E-state index is 7.57. The van der Waals surface area contributed by atoms with E-state index in [0.29, 0.717) is 34.5 Å². The van der Waals surface area contributed by atoms with E-state index in [2.05, 4.69) is 205 Å². The lowest BCUT2D eigenvalue weighted by Crippen LogP contribution is -1.88. The van der Waals surface area contributed by atoms with Crippen molar-refractivity contribution in [2.24, 2.45) is 0 Å². The summed E-state index contributed by atoms with van der Waals surface area (Å²) in [5.74, 6) is 0. The zero-order chi connectivity index (χ0) is 67.6. The Bertz CT molecular complexity index is 5470. The minimum absolute atomic E-state index is 0.294. The number of rotatable bonds is 0. The van der Waals surface area contributed by atoms with E-state index < -0.39 is 0 Å². The van der Waals surface area contributed by atoms with E-state index in [4.69, 9.17) is 6.85 Å². The first-order valence-corrected chi connectivity index (χ1v) is 31.5. The molecule has 0 aliphatic rings. The highest BCUT2D eigenvalue weighted by atomic mass is 14.7. The molecule has 0 spiro atoms. The van der Waals surface area contributed by atoms with Crippen molar-refractivity contribution < 1.29 is 6.85 Å². The van der Waals surface area contributed by atoms with Crippen LogP contribution in [-0.4, -0.2) is 34.9 Å². The van der Waals surface area contributed by atoms with Crippen molar-refractivity contribution in [1.82, 2.24) is 34.9 Å². The topological polar surface area (TPSA) is 90.2 Å². The molecule has 13 aromatic carbocycles. The molecule has 0 amide bonds. The van der Waals surface area contributed by atoms with Crippen LogP contribution in [0.2, 0.25) is 0 Å². The molecule has 0 unspecified atom stereocenters. The van der Waals surface area contributed by atoms with Gasteiger partial charge in [0, 0.05) is 112 Å². The molecule has 0 fully saturated rings. The minimum atomic E-state index is 0.294. The minimum Gasteiger partial charge on any atom is -0.264 e. The average molecular weight is 1220 g/mol. The first kappa shape index (κ1) is 52.4. The molecule has 95 heavy (non-hydrogen) atoms. The summed E-state index contributed by atoms with van der Waals surface area (Å²) in [4.78, 5) is 30.9. The number of hydrogen-bond donors (Lipinski definition) is 0. The van der Waals surface area contributed by atoms with Crippen LogP contribution in [0.5, 0.6) is 0 Å². The van der Waals surface area contributed by atoms with Gasteiger partial charge in [-0.2, -0.15) is 0 Å². The van der Waals surface area contributed by atoms with Crippen LogP contribution in [0.1, 0.15) is 34.7 Å². The van der Waals surface area contributed by atoms with Crippen molar-refractivity contribution in [3.63, 3.8) is 0 Å². The van der Waals surface area contributed by atoms with Gasteiger partial charge in [0.15, 0.2) is 0 Å². The van der Waals surface area contributed by atoms with Crippen LogP contribution in [0.15, 0.2) is 292 Å². The molecule has 7 heterocycles. The molecule has 0 saturated heterocycles. The average Bonchev–Trinajstić information content (AvgIpc) is 0.782. The maximum Gasteiger partial charge on any atom is 0.0970 e. The van der Waals surface area contributed by atoms with Gasteiger partial charge in [0.2, 0.25) is 0 Å². The fourth-order valence-electron chi connectivity index (χ4n) is 13.9. The van der Waals surface area contributed by atoms with Crippen LogP contribution in [0.4, 0.5) is 0 Å². The van der Waals surface area contributed by atoms with Gasteiger partial charge in [0.1, 0.15) is 0 Å². The molecule has 20 rings (SSSR count). The van der Waals surface area contributed by atoms with Crippen molar-refractivity contribution in [3.05, 3.63) is 320 Å². The van der Waals surface area contributed by atoms with E-state index >= 15 is 0 Å². The Labute approximate surface area is 555 Å². The summed E-state index contributed by atoms with van der Waals surface area (Å²) in [5, 5.41) is 31.0. The molecule has 450 valence electrons. The first-order chi connectivity index (χ1) is 49.4. The van der Waals surface area contributed by atoms with Crippen LogP contribution in [-0.2, 0) is 0 Å². The van der Waals surface area contributed by atoms with E-state index in [-0.39, 0.29) is 0 Å². The molecule has 7 aromatic heterocycles. The lowest BCUT2D eigenvalue weighted by Gasteiger charge is -2.10. The fourth-order valence-corrected chi connectivity index (χ4v) is 13.9. The fraction of sp³-hybridized carbons (Fsp3) is 0.0568. The van der Waals surface area contributed by atoms with Crippen molar-refractivity contribution >= 4 is 162 Å². The highest BCUT2D eigenvalue weighted by molar-refractivity contribution is 6.28. The van der Waals surface area contributed by atoms with Crippen LogP contribution < -0.4 is 0 Å². The third-order valence-corrected chi connectivity index (χ3v) is 18.1. The van der Waals surface area contributed by atoms with Gasteiger partial charge in [0.05, 0.1) is 22.1 Å². The van der Waals surface area contributed by atoms with Gasteiger partial charge >= 0.3 is 0 Å². The Morgan fingerprint density at radius 1 is 0.179 bits per heavy atom. The predicted octanol–water partition coefficient (Wildman–Crippen LogP) is 23.0. The van der Waals surface area contributed by atoms with Crippen LogP contribution >= 0.6 is 0 Å². The Morgan fingerprint density at radius 2 is 0.411 bits per heavy atom. The van der Waals surface area contributed by atoms with Gasteiger partial charge in [0.25, 0.3) is 0 Å². The molecule has 0 aliphatic heterocycles. The molecule has 20 aromatic rings. The third kappa shape index (κ3) is 10.5. The highest BCUT2D eigenvalue weighted by Crippen LogP contribution is 2.39. The van der Waals surface area contributed by atoms with Crippen LogP contribution in [0, 0.1) is 34.5 Å². The van der Waals surface area contributed by atoms with Gasteiger partial charge in [-0.3, -0.25) is 34.9 Å². The van der Waals surface area contributed by atoms with E-state index in [1.807, 2.05) is 110 Å². The number of aryl methyl sites for hydroxylation is 5. The predicted molar refractivity (Wildman–Crippen MR) is 403 cm³/mol. The molecule has 0 saturated carbocycles. The number of aromatic nitrogens is 7. The second kappa shape index (κ2) is 24.5. The Kier molecular flexibility index (Phi) is 13.5. The van der Waals surface area contributed by atoms with Crippen molar-refractivity contribution in [3.8, 4) is 0 Å². The standard InChI is InChI=1S/3C18H13N.2C17H12N2/c1-12-8-9-15-13-5-2-3-6-14(13)16-7-4-10-19-18(16)17(15)11-12;2*1-12-6-7-15-13-4-2-3-5-14(13)16-8-9-19-11-18(16)17(15)10-12;1-11-6-7-12-13-4-2-8-18-16(13)17-14(15(12)10-11)5-3-9-19-17;1-11-4-5-12-13-6-8-18-10-16(13)17-14(15(12)9-11)3-2-7-19-17/h3*2-11H,1H3;2*2-10H,1H3/i5*1D. The summed E-state index contributed by atoms with van der Waals surface area (Å²) in [6.45, 7) is 1.51. The molecule has 0 aliphatic carbocycles. The SMILES string of the molecule is [2H]Cc1ccc2c(c1)c1cccnc1c1cnccc21.[2H]Cc1ccc2c(c1)c1cccnc1c1ncccc21.[2H]Cc1ccc2c3ccccc3c3cccnc3c2c1.[2H]Cc1ccc2c3ccccc3c3ccncc3c2c1.[2H]Cc1ccc2c3ccccc3c3ccncc3c2c1. The molecular weight excluding hydrogens is 1160 g/mol. The number of nitrogens with zero attached hydrogens (tertiary/aromatic N) is 7. The molecule has 0 bridgehead atoms. The van der Waals surface area contributed by atoms with Gasteiger partial charge in [-0.05, 0) is 180 Å². The van der Waals surface area contributed by atoms with Gasteiger partial charge < -0.3 is 0 Å². The van der Waals surface area contributed by atoms with Crippen molar-refractivity contribution in [2.75, 3.05) is 0 Å². The second-order valence-electron chi connectivity index (χ2n) is 23.9. The zero-order valence-electron chi connectivity index (χ0n) is 56.9. The largest absolute Gasteiger partial charge is 0.264 e. The summed E-state index contributed by atoms with van der Waals surface area (Å²) in [7, 11) is 0. The van der Waals surface area contributed by atoms with Crippen molar-refractivity contribution in [2.45, 2.75) is 34.5 Å². The van der Waals surface area contributed by atoms with Gasteiger partial charge in [-0.15, -0.1) is 0 Å². The molecular formula is C88H63N7. The normalized spacial score (nSPS) is 12.1. The number of fused-ring (bicyclic) bond motifs is 30. The third-order valence-electron chi connectivity index (χ3n) is 18.1. The van der Waals surface area contributed by atoms with E-state index in [0.717, 1.165) is 104 Å². The summed E-state index contributed by atoms with van der Waals surface area (Å²) in [5.41, 5.74) is 9.02. The summed E-state index contributed by atoms with van der Waals surface area (Å²) in [6.07, 6.45) is 18.5. The van der Waals surface area contributed by atoms with E-state index in [9.17, 15) is 0 Å². The molecule has 7 heteroatoms. The summed E-state index contributed by atoms with van der Waals surface area (Å²) < 4.78 is 37.8. The van der Waals surface area contributed by atoms with Gasteiger partial charge in [-0.1, -0.05) is 210 Å². The Morgan fingerprint density at radius 3 is 0.789 bits per heavy atom. The highest BCUT2D eigenvalue weighted by Gasteiger charge is 2.14. The summed E-state index contributed by atoms with van der Waals surface area (Å²) >= 11 is 0. The maximum absolute atomic E-state index is 7.57. The Hall–Kier alpha value is -12.2. The monoisotopic (exact) mass is 1220 g/mol. The van der Waals surface area contributed by atoms with Crippen LogP contribution in [0.25, 0.3) is 162 Å². The lowest BCUT2D eigenvalue weighted by atomic mass is 9.94. The smallest absolute Gasteiger partial charge is 0.0970 e. The Balaban J connectivity index is 0.0000000972. The van der Waals surface area contributed by atoms with Gasteiger partial charge in [-0.25, -0.2) is 0 Å².